The number of hydrogen-bond donors (Lipinski definition) is 1. The Morgan fingerprint density at radius 1 is 1.37 bits per heavy atom. The maximum atomic E-state index is 12.9. The maximum absolute atomic E-state index is 12.9. The van der Waals surface area contributed by atoms with Gasteiger partial charge in [0.05, 0.1) is 10.5 Å². The van der Waals surface area contributed by atoms with E-state index in [9.17, 15) is 8.78 Å². The summed E-state index contributed by atoms with van der Waals surface area (Å²) in [5, 5.41) is 4.22. The van der Waals surface area contributed by atoms with Gasteiger partial charge < -0.3 is 5.32 Å². The van der Waals surface area contributed by atoms with Crippen molar-refractivity contribution in [3.05, 3.63) is 33.4 Å². The van der Waals surface area contributed by atoms with Crippen LogP contribution >= 0.6 is 27.5 Å². The van der Waals surface area contributed by atoms with Crippen LogP contribution < -0.4 is 5.32 Å². The van der Waals surface area contributed by atoms with E-state index in [2.05, 4.69) is 26.2 Å². The highest BCUT2D eigenvalue weighted by atomic mass is 79.9. The minimum absolute atomic E-state index is 0.268. The van der Waals surface area contributed by atoms with Crippen LogP contribution in [0.2, 0.25) is 5.02 Å². The van der Waals surface area contributed by atoms with Gasteiger partial charge in [0.25, 0.3) is 6.43 Å². The van der Waals surface area contributed by atoms with Crippen molar-refractivity contribution in [1.29, 1.82) is 0 Å². The van der Waals surface area contributed by atoms with Gasteiger partial charge in [0.2, 0.25) is 0 Å². The molecular formula is C13H12BrClF2N2. The Morgan fingerprint density at radius 3 is 2.74 bits per heavy atom. The molecule has 0 saturated heterocycles. The zero-order valence-electron chi connectivity index (χ0n) is 10.2. The van der Waals surface area contributed by atoms with Gasteiger partial charge in [-0.15, -0.1) is 0 Å². The first kappa shape index (κ1) is 14.5. The zero-order chi connectivity index (χ0) is 14.0. The minimum atomic E-state index is -2.62. The monoisotopic (exact) mass is 348 g/mol. The molecule has 0 unspecified atom stereocenters. The van der Waals surface area contributed by atoms with E-state index in [4.69, 9.17) is 11.6 Å². The number of nitrogens with zero attached hydrogens (tertiary/aromatic N) is 1. The van der Waals surface area contributed by atoms with Gasteiger partial charge >= 0.3 is 0 Å². The molecule has 0 radical (unpaired) electrons. The average molecular weight is 350 g/mol. The van der Waals surface area contributed by atoms with E-state index in [1.807, 2.05) is 13.0 Å². The number of fused-ring (bicyclic) bond motifs is 1. The summed E-state index contributed by atoms with van der Waals surface area (Å²) < 4.78 is 26.5. The molecule has 0 aliphatic carbocycles. The van der Waals surface area contributed by atoms with Gasteiger partial charge in [-0.25, -0.2) is 13.8 Å². The summed E-state index contributed by atoms with van der Waals surface area (Å²) in [4.78, 5) is 3.94. The predicted octanol–water partition coefficient (Wildman–Crippen LogP) is 5.41. The number of pyridine rings is 1. The molecule has 1 N–H and O–H groups in total. The molecule has 19 heavy (non-hydrogen) atoms. The molecule has 2 nitrogen and oxygen atoms in total. The second-order valence-corrected chi connectivity index (χ2v) is 5.43. The highest BCUT2D eigenvalue weighted by molar-refractivity contribution is 9.10. The van der Waals surface area contributed by atoms with Gasteiger partial charge in [-0.1, -0.05) is 34.5 Å². The van der Waals surface area contributed by atoms with Crippen LogP contribution in [0.1, 0.15) is 25.5 Å². The fourth-order valence-electron chi connectivity index (χ4n) is 1.79. The van der Waals surface area contributed by atoms with Crippen LogP contribution in [0.25, 0.3) is 10.9 Å². The molecule has 1 heterocycles. The number of anilines is 1. The van der Waals surface area contributed by atoms with E-state index in [0.29, 0.717) is 22.8 Å². The second kappa shape index (κ2) is 6.01. The summed E-state index contributed by atoms with van der Waals surface area (Å²) in [7, 11) is 0. The van der Waals surface area contributed by atoms with Crippen molar-refractivity contribution in [1.82, 2.24) is 4.98 Å². The van der Waals surface area contributed by atoms with Gasteiger partial charge in [-0.3, -0.25) is 0 Å². The fraction of sp³-hybridized carbons (Fsp3) is 0.308. The molecule has 1 aromatic heterocycles. The van der Waals surface area contributed by atoms with Crippen LogP contribution in [0, 0.1) is 0 Å². The summed E-state index contributed by atoms with van der Waals surface area (Å²) in [6.45, 7) is 2.71. The number of nitrogens with one attached hydrogen (secondary N) is 1. The normalized spacial score (nSPS) is 11.3. The predicted molar refractivity (Wildman–Crippen MR) is 78.2 cm³/mol. The summed E-state index contributed by atoms with van der Waals surface area (Å²) in [5.74, 6) is 0. The number of benzene rings is 1. The molecule has 0 aliphatic heterocycles. The first-order chi connectivity index (χ1) is 9.02. The molecule has 2 aromatic rings. The van der Waals surface area contributed by atoms with E-state index in [1.54, 1.807) is 6.07 Å². The van der Waals surface area contributed by atoms with Crippen molar-refractivity contribution < 1.29 is 8.78 Å². The van der Waals surface area contributed by atoms with Crippen molar-refractivity contribution in [3.8, 4) is 0 Å². The maximum Gasteiger partial charge on any atom is 0.280 e. The van der Waals surface area contributed by atoms with Crippen LogP contribution in [0.5, 0.6) is 0 Å². The lowest BCUT2D eigenvalue weighted by molar-refractivity contribution is 0.146. The SMILES string of the molecule is CCCNc1cc(C(F)F)nc2c(Cl)cc(Br)cc12. The lowest BCUT2D eigenvalue weighted by atomic mass is 10.1. The summed E-state index contributed by atoms with van der Waals surface area (Å²) in [6.07, 6.45) is -1.72. The van der Waals surface area contributed by atoms with Crippen molar-refractivity contribution >= 4 is 44.1 Å². The van der Waals surface area contributed by atoms with Crippen molar-refractivity contribution in [2.75, 3.05) is 11.9 Å². The molecule has 0 saturated carbocycles. The minimum Gasteiger partial charge on any atom is -0.384 e. The molecule has 102 valence electrons. The highest BCUT2D eigenvalue weighted by Gasteiger charge is 2.15. The number of halogens is 4. The van der Waals surface area contributed by atoms with Crippen LogP contribution in [-0.2, 0) is 0 Å². The number of hydrogen-bond acceptors (Lipinski definition) is 2. The topological polar surface area (TPSA) is 24.9 Å². The van der Waals surface area contributed by atoms with Gasteiger partial charge in [0.1, 0.15) is 5.69 Å². The third-order valence-corrected chi connectivity index (χ3v) is 3.39. The van der Waals surface area contributed by atoms with Crippen molar-refractivity contribution in [2.45, 2.75) is 19.8 Å². The average Bonchev–Trinajstić information content (AvgIpc) is 2.35. The molecule has 0 amide bonds. The summed E-state index contributed by atoms with van der Waals surface area (Å²) in [5.41, 5.74) is 0.752. The Labute approximate surface area is 123 Å². The molecule has 2 rings (SSSR count). The first-order valence-electron chi connectivity index (χ1n) is 5.84. The lowest BCUT2D eigenvalue weighted by Gasteiger charge is -2.12. The molecule has 1 aromatic carbocycles. The quantitative estimate of drug-likeness (QED) is 0.798. The van der Waals surface area contributed by atoms with Crippen molar-refractivity contribution in [2.24, 2.45) is 0 Å². The molecule has 0 spiro atoms. The van der Waals surface area contributed by atoms with E-state index in [0.717, 1.165) is 16.3 Å². The standard InChI is InChI=1S/C13H12BrClF2N2/c1-2-3-18-10-6-11(13(16)17)19-12-8(10)4-7(14)5-9(12)15/h4-6,13H,2-3H2,1H3,(H,18,19). The van der Waals surface area contributed by atoms with Crippen molar-refractivity contribution in [3.63, 3.8) is 0 Å². The molecule has 6 heteroatoms. The Bertz CT molecular complexity index is 605. The lowest BCUT2D eigenvalue weighted by Crippen LogP contribution is -2.03. The van der Waals surface area contributed by atoms with Gasteiger partial charge in [0, 0.05) is 22.1 Å². The molecule has 0 aliphatic rings. The third-order valence-electron chi connectivity index (χ3n) is 2.64. The van der Waals surface area contributed by atoms with Gasteiger partial charge in [-0.2, -0.15) is 0 Å². The van der Waals surface area contributed by atoms with E-state index in [1.165, 1.54) is 6.07 Å². The number of alkyl halides is 2. The Balaban J connectivity index is 2.67. The third kappa shape index (κ3) is 3.15. The largest absolute Gasteiger partial charge is 0.384 e. The first-order valence-corrected chi connectivity index (χ1v) is 7.01. The molecular weight excluding hydrogens is 338 g/mol. The Kier molecular flexibility index (Phi) is 4.58. The van der Waals surface area contributed by atoms with Crippen LogP contribution in [0.15, 0.2) is 22.7 Å². The Morgan fingerprint density at radius 2 is 2.11 bits per heavy atom. The smallest absolute Gasteiger partial charge is 0.280 e. The zero-order valence-corrected chi connectivity index (χ0v) is 12.5. The molecule has 0 bridgehead atoms. The molecule has 0 atom stereocenters. The van der Waals surface area contributed by atoms with E-state index >= 15 is 0 Å². The summed E-state index contributed by atoms with van der Waals surface area (Å²) in [6, 6.07) is 4.85. The number of aromatic nitrogens is 1. The van der Waals surface area contributed by atoms with E-state index < -0.39 is 6.43 Å². The van der Waals surface area contributed by atoms with Gasteiger partial charge in [-0.05, 0) is 24.6 Å². The summed E-state index contributed by atoms with van der Waals surface area (Å²) >= 11 is 9.42. The highest BCUT2D eigenvalue weighted by Crippen LogP contribution is 2.34. The van der Waals surface area contributed by atoms with E-state index in [-0.39, 0.29) is 5.69 Å². The van der Waals surface area contributed by atoms with Crippen LogP contribution in [0.3, 0.4) is 0 Å². The fourth-order valence-corrected chi connectivity index (χ4v) is 2.64. The molecule has 0 fully saturated rings. The second-order valence-electron chi connectivity index (χ2n) is 4.11. The van der Waals surface area contributed by atoms with Crippen LogP contribution in [0.4, 0.5) is 14.5 Å². The van der Waals surface area contributed by atoms with Crippen LogP contribution in [-0.4, -0.2) is 11.5 Å². The number of rotatable bonds is 4. The van der Waals surface area contributed by atoms with Gasteiger partial charge in [0.15, 0.2) is 0 Å². The Hall–Kier alpha value is -0.940.